The van der Waals surface area contributed by atoms with Gasteiger partial charge in [0.1, 0.15) is 0 Å². The quantitative estimate of drug-likeness (QED) is 0.0448. The first-order chi connectivity index (χ1) is 23.4. The molecule has 0 amide bonds. The Bertz CT molecular complexity index is 1490. The van der Waals surface area contributed by atoms with Crippen LogP contribution in [0.4, 0.5) is 0 Å². The lowest BCUT2D eigenvalue weighted by Crippen LogP contribution is -2.30. The molecule has 0 aliphatic heterocycles. The van der Waals surface area contributed by atoms with Crippen LogP contribution in [0.1, 0.15) is 78.3 Å². The molecule has 0 heterocycles. The predicted molar refractivity (Wildman–Crippen MR) is 209 cm³/mol. The first-order valence-corrected chi connectivity index (χ1v) is 17.4. The number of aryl methyl sites for hydroxylation is 3. The third-order valence-electron chi connectivity index (χ3n) is 8.50. The summed E-state index contributed by atoms with van der Waals surface area (Å²) < 4.78 is 0. The fraction of sp³-hybridized carbons (Fsp3) is 0.415. The summed E-state index contributed by atoms with van der Waals surface area (Å²) >= 11 is 0. The van der Waals surface area contributed by atoms with Crippen molar-refractivity contribution in [1.82, 2.24) is 4.90 Å². The summed E-state index contributed by atoms with van der Waals surface area (Å²) in [5.74, 6) is 0.472. The Kier molecular flexibility index (Phi) is 16.4. The Morgan fingerprint density at radius 2 is 0.857 bits per heavy atom. The molecule has 0 radical (unpaired) electrons. The van der Waals surface area contributed by atoms with E-state index in [1.807, 2.05) is 12.1 Å². The molecular formula is C41H56N8. The summed E-state index contributed by atoms with van der Waals surface area (Å²) in [6, 6.07) is 24.7. The summed E-state index contributed by atoms with van der Waals surface area (Å²) in [6.45, 7) is 8.99. The number of nitrogens with two attached hydrogens (primary N) is 1. The van der Waals surface area contributed by atoms with Crippen molar-refractivity contribution in [3.8, 4) is 0 Å². The van der Waals surface area contributed by atoms with E-state index in [0.29, 0.717) is 98.9 Å². The van der Waals surface area contributed by atoms with Crippen LogP contribution in [0.25, 0.3) is 0 Å². The van der Waals surface area contributed by atoms with Gasteiger partial charge in [-0.3, -0.25) is 4.99 Å². The minimum absolute atomic E-state index is 0.352. The first-order valence-electron chi connectivity index (χ1n) is 17.4. The molecule has 8 heteroatoms. The molecule has 3 aromatic carbocycles. The van der Waals surface area contributed by atoms with E-state index in [4.69, 9.17) is 32.8 Å². The van der Waals surface area contributed by atoms with Crippen LogP contribution in [0.3, 0.4) is 0 Å². The molecule has 0 unspecified atom stereocenters. The summed E-state index contributed by atoms with van der Waals surface area (Å²) in [6.07, 6.45) is 5.77. The van der Waals surface area contributed by atoms with E-state index in [-0.39, 0.29) is 0 Å². The molecule has 0 aliphatic rings. The summed E-state index contributed by atoms with van der Waals surface area (Å²) in [5, 5.41) is 42.2. The number of benzene rings is 3. The Morgan fingerprint density at radius 3 is 1.22 bits per heavy atom. The maximum absolute atomic E-state index is 8.50. The average molecular weight is 661 g/mol. The molecule has 0 aliphatic carbocycles. The minimum atomic E-state index is 0.352. The van der Waals surface area contributed by atoms with Crippen molar-refractivity contribution in [2.75, 3.05) is 26.2 Å². The second-order valence-electron chi connectivity index (χ2n) is 13.5. The molecule has 0 bridgehead atoms. The number of aliphatic imine (C=N–C) groups is 1. The second-order valence-corrected chi connectivity index (χ2v) is 13.5. The highest BCUT2D eigenvalue weighted by Crippen LogP contribution is 2.11. The van der Waals surface area contributed by atoms with Gasteiger partial charge in [0.25, 0.3) is 0 Å². The third kappa shape index (κ3) is 16.4. The number of nitrogens with zero attached hydrogens (tertiary/aromatic N) is 2. The highest BCUT2D eigenvalue weighted by molar-refractivity contribution is 6.03. The van der Waals surface area contributed by atoms with Gasteiger partial charge in [-0.25, -0.2) is 0 Å². The van der Waals surface area contributed by atoms with E-state index in [2.05, 4.69) is 91.3 Å². The molecular weight excluding hydrogens is 605 g/mol. The fourth-order valence-electron chi connectivity index (χ4n) is 5.71. The normalized spacial score (nSPS) is 11.5. The van der Waals surface area contributed by atoms with E-state index >= 15 is 0 Å². The molecule has 0 spiro atoms. The topological polar surface area (TPSA) is 161 Å². The highest BCUT2D eigenvalue weighted by atomic mass is 15.1. The molecule has 260 valence electrons. The van der Waals surface area contributed by atoms with Gasteiger partial charge in [-0.2, -0.15) is 0 Å². The van der Waals surface area contributed by atoms with Crippen LogP contribution >= 0.6 is 0 Å². The van der Waals surface area contributed by atoms with E-state index in [1.165, 1.54) is 16.7 Å². The molecule has 3 rings (SSSR count). The molecule has 0 fully saturated rings. The van der Waals surface area contributed by atoms with Gasteiger partial charge in [0, 0.05) is 73.6 Å². The number of hydrogen-bond donors (Lipinski definition) is 6. The van der Waals surface area contributed by atoms with Gasteiger partial charge in [0.15, 0.2) is 0 Å². The summed E-state index contributed by atoms with van der Waals surface area (Å²) in [5.41, 5.74) is 16.0. The van der Waals surface area contributed by atoms with Crippen molar-refractivity contribution in [3.63, 3.8) is 0 Å². The van der Waals surface area contributed by atoms with Gasteiger partial charge < -0.3 is 37.7 Å². The molecule has 0 atom stereocenters. The van der Waals surface area contributed by atoms with E-state index in [0.717, 1.165) is 42.6 Å². The number of nitrogens with one attached hydrogen (secondary N) is 5. The lowest BCUT2D eigenvalue weighted by Gasteiger charge is -2.22. The van der Waals surface area contributed by atoms with Crippen LogP contribution in [0, 0.1) is 47.8 Å². The van der Waals surface area contributed by atoms with E-state index in [1.54, 1.807) is 0 Å². The highest BCUT2D eigenvalue weighted by Gasteiger charge is 2.11. The van der Waals surface area contributed by atoms with Gasteiger partial charge in [-0.15, -0.1) is 0 Å². The van der Waals surface area contributed by atoms with Gasteiger partial charge in [0.05, 0.1) is 12.4 Å². The fourth-order valence-corrected chi connectivity index (χ4v) is 5.71. The van der Waals surface area contributed by atoms with Crippen LogP contribution in [0.5, 0.6) is 0 Å². The van der Waals surface area contributed by atoms with E-state index in [9.17, 15) is 0 Å². The Balaban J connectivity index is 1.46. The SMILES string of the molecule is Cc1ccc(CC(=N)CC(=N)CCCN(CCCC(=N)CC(=N)Cc2ccc(C)cc2)CCN=C(N)CC(=N)Cc2ccc(C)cc2)cc1. The maximum Gasteiger partial charge on any atom is 0.0994 e. The molecule has 49 heavy (non-hydrogen) atoms. The maximum atomic E-state index is 8.50. The number of amidine groups is 1. The van der Waals surface area contributed by atoms with Crippen molar-refractivity contribution in [3.05, 3.63) is 106 Å². The predicted octanol–water partition coefficient (Wildman–Crippen LogP) is 8.13. The van der Waals surface area contributed by atoms with Gasteiger partial charge >= 0.3 is 0 Å². The molecule has 3 aromatic rings. The molecule has 0 saturated heterocycles. The summed E-state index contributed by atoms with van der Waals surface area (Å²) in [4.78, 5) is 6.91. The smallest absolute Gasteiger partial charge is 0.0994 e. The lowest BCUT2D eigenvalue weighted by molar-refractivity contribution is 0.277. The Hall–Kier alpha value is -4.56. The zero-order valence-corrected chi connectivity index (χ0v) is 29.8. The van der Waals surface area contributed by atoms with Crippen LogP contribution in [-0.2, 0) is 19.3 Å². The van der Waals surface area contributed by atoms with Crippen LogP contribution in [0.2, 0.25) is 0 Å². The second kappa shape index (κ2) is 20.7. The van der Waals surface area contributed by atoms with Gasteiger partial charge in [-0.1, -0.05) is 89.5 Å². The molecule has 0 saturated carbocycles. The minimum Gasteiger partial charge on any atom is -0.387 e. The van der Waals surface area contributed by atoms with Gasteiger partial charge in [-0.05, 0) is 76.2 Å². The van der Waals surface area contributed by atoms with Crippen molar-refractivity contribution < 1.29 is 0 Å². The van der Waals surface area contributed by atoms with Gasteiger partial charge in [0.2, 0.25) is 0 Å². The Labute approximate surface area is 293 Å². The zero-order valence-electron chi connectivity index (χ0n) is 29.8. The first kappa shape index (κ1) is 38.9. The van der Waals surface area contributed by atoms with Crippen molar-refractivity contribution >= 4 is 34.4 Å². The third-order valence-corrected chi connectivity index (χ3v) is 8.50. The van der Waals surface area contributed by atoms with Crippen LogP contribution in [0.15, 0.2) is 77.8 Å². The summed E-state index contributed by atoms with van der Waals surface area (Å²) in [7, 11) is 0. The van der Waals surface area contributed by atoms with Crippen LogP contribution in [-0.4, -0.2) is 65.5 Å². The Morgan fingerprint density at radius 1 is 0.510 bits per heavy atom. The largest absolute Gasteiger partial charge is 0.387 e. The number of rotatable bonds is 23. The molecule has 8 nitrogen and oxygen atoms in total. The monoisotopic (exact) mass is 660 g/mol. The zero-order chi connectivity index (χ0) is 35.6. The van der Waals surface area contributed by atoms with Crippen molar-refractivity contribution in [1.29, 1.82) is 27.0 Å². The van der Waals surface area contributed by atoms with Crippen molar-refractivity contribution in [2.45, 2.75) is 85.0 Å². The molecule has 7 N–H and O–H groups in total. The number of hydrogen-bond acceptors (Lipinski definition) is 7. The van der Waals surface area contributed by atoms with Crippen LogP contribution < -0.4 is 5.73 Å². The van der Waals surface area contributed by atoms with Crippen molar-refractivity contribution in [2.24, 2.45) is 10.7 Å². The standard InChI is InChI=1S/C41H56N8/c1-30-8-14-33(15-9-30)24-38(44)27-36(42)6-4-21-49(22-5-7-37(43)28-39(45)25-34-16-10-31(2)11-17-34)23-20-48-41(47)29-40(46)26-35-18-12-32(3)13-19-35/h8-19,42-46H,4-7,20-29H2,1-3H3,(H2,47,48). The molecule has 0 aromatic heterocycles. The van der Waals surface area contributed by atoms with E-state index < -0.39 is 0 Å². The average Bonchev–Trinajstić information content (AvgIpc) is 3.04. The lowest BCUT2D eigenvalue weighted by atomic mass is 10.0.